The highest BCUT2D eigenvalue weighted by atomic mass is 32.2. The number of rotatable bonds is 5. The first-order chi connectivity index (χ1) is 15.8. The summed E-state index contributed by atoms with van der Waals surface area (Å²) in [5, 5.41) is 0.596. The minimum Gasteiger partial charge on any atom is -0.440 e. The van der Waals surface area contributed by atoms with Gasteiger partial charge in [-0.3, -0.25) is 9.36 Å². The van der Waals surface area contributed by atoms with Crippen LogP contribution in [0.4, 0.5) is 0 Å². The second kappa shape index (κ2) is 7.79. The fraction of sp³-hybridized carbons (Fsp3) is 0.333. The SMILES string of the molecule is Cc1ccccc1C(=O)OCn1ccc2c(S(=O)(=O)N3CCC(N)C34CC4)cccc2c1=O. The number of sulfonamides is 1. The number of carbonyl (C=O) groups excluding carboxylic acids is 1. The van der Waals surface area contributed by atoms with Crippen molar-refractivity contribution >= 4 is 26.8 Å². The number of nitrogens with two attached hydrogens (primary N) is 1. The Morgan fingerprint density at radius 1 is 1.12 bits per heavy atom. The van der Waals surface area contributed by atoms with Gasteiger partial charge < -0.3 is 10.5 Å². The van der Waals surface area contributed by atoms with E-state index in [1.807, 2.05) is 6.07 Å². The van der Waals surface area contributed by atoms with Crippen molar-refractivity contribution in [3.8, 4) is 0 Å². The molecule has 1 aromatic heterocycles. The number of pyridine rings is 1. The fourth-order valence-electron chi connectivity index (χ4n) is 4.78. The van der Waals surface area contributed by atoms with Gasteiger partial charge in [0, 0.05) is 29.6 Å². The van der Waals surface area contributed by atoms with E-state index in [0.717, 1.165) is 18.4 Å². The van der Waals surface area contributed by atoms with Gasteiger partial charge in [-0.25, -0.2) is 13.2 Å². The van der Waals surface area contributed by atoms with Crippen LogP contribution in [0.5, 0.6) is 0 Å². The molecule has 33 heavy (non-hydrogen) atoms. The van der Waals surface area contributed by atoms with E-state index in [1.54, 1.807) is 43.3 Å². The number of hydrogen-bond acceptors (Lipinski definition) is 6. The summed E-state index contributed by atoms with van der Waals surface area (Å²) in [7, 11) is -3.82. The van der Waals surface area contributed by atoms with E-state index in [1.165, 1.54) is 21.1 Å². The highest BCUT2D eigenvalue weighted by Gasteiger charge is 2.60. The monoisotopic (exact) mass is 467 g/mol. The molecular formula is C24H25N3O5S. The molecule has 2 aromatic carbocycles. The number of aryl methyl sites for hydroxylation is 1. The highest BCUT2D eigenvalue weighted by molar-refractivity contribution is 7.89. The molecule has 1 unspecified atom stereocenters. The van der Waals surface area contributed by atoms with Crippen molar-refractivity contribution in [1.82, 2.24) is 8.87 Å². The number of hydrogen-bond donors (Lipinski definition) is 1. The molecule has 0 amide bonds. The molecule has 1 spiro atoms. The zero-order valence-electron chi connectivity index (χ0n) is 18.2. The van der Waals surface area contributed by atoms with Crippen LogP contribution < -0.4 is 11.3 Å². The molecule has 0 bridgehead atoms. The maximum atomic E-state index is 13.5. The second-order valence-electron chi connectivity index (χ2n) is 8.76. The predicted octanol–water partition coefficient (Wildman–Crippen LogP) is 2.38. The van der Waals surface area contributed by atoms with E-state index >= 15 is 0 Å². The van der Waals surface area contributed by atoms with Gasteiger partial charge >= 0.3 is 5.97 Å². The first kappa shape index (κ1) is 21.8. The Hall–Kier alpha value is -3.01. The smallest absolute Gasteiger partial charge is 0.340 e. The molecule has 1 aliphatic heterocycles. The predicted molar refractivity (Wildman–Crippen MR) is 123 cm³/mol. The van der Waals surface area contributed by atoms with E-state index in [2.05, 4.69) is 0 Å². The second-order valence-corrected chi connectivity index (χ2v) is 10.6. The van der Waals surface area contributed by atoms with Crippen LogP contribution in [-0.4, -0.2) is 41.4 Å². The number of aromatic nitrogens is 1. The molecule has 2 N–H and O–H groups in total. The van der Waals surface area contributed by atoms with Crippen LogP contribution in [-0.2, 0) is 21.5 Å². The highest BCUT2D eigenvalue weighted by Crippen LogP contribution is 2.51. The van der Waals surface area contributed by atoms with Gasteiger partial charge in [0.05, 0.1) is 16.0 Å². The van der Waals surface area contributed by atoms with Crippen LogP contribution in [0.15, 0.2) is 64.4 Å². The Bertz CT molecular complexity index is 1430. The van der Waals surface area contributed by atoms with Crippen LogP contribution in [0.25, 0.3) is 10.8 Å². The normalized spacial score (nSPS) is 19.8. The number of esters is 1. The van der Waals surface area contributed by atoms with Crippen molar-refractivity contribution < 1.29 is 17.9 Å². The van der Waals surface area contributed by atoms with E-state index < -0.39 is 27.1 Å². The quantitative estimate of drug-likeness (QED) is 0.577. The summed E-state index contributed by atoms with van der Waals surface area (Å²) in [6, 6.07) is 13.1. The molecule has 1 aliphatic carbocycles. The standard InChI is InChI=1S/C24H25N3O5S/c1-16-5-2-3-6-17(16)23(29)32-15-26-13-9-18-19(22(26)28)7-4-8-20(18)33(30,31)27-14-10-21(25)24(27)11-12-24/h2-9,13,21H,10-12,14-15,25H2,1H3. The van der Waals surface area contributed by atoms with Gasteiger partial charge in [0.1, 0.15) is 0 Å². The average Bonchev–Trinajstić information content (AvgIpc) is 3.52. The van der Waals surface area contributed by atoms with Crippen molar-refractivity contribution in [2.45, 2.75) is 49.4 Å². The number of benzene rings is 2. The van der Waals surface area contributed by atoms with Gasteiger partial charge in [0.2, 0.25) is 10.0 Å². The lowest BCUT2D eigenvalue weighted by Gasteiger charge is -2.26. The Morgan fingerprint density at radius 2 is 1.88 bits per heavy atom. The summed E-state index contributed by atoms with van der Waals surface area (Å²) in [4.78, 5) is 25.6. The first-order valence-corrected chi connectivity index (χ1v) is 12.3. The summed E-state index contributed by atoms with van der Waals surface area (Å²) >= 11 is 0. The zero-order chi connectivity index (χ0) is 23.4. The molecule has 9 heteroatoms. The summed E-state index contributed by atoms with van der Waals surface area (Å²) in [5.74, 6) is -0.531. The van der Waals surface area contributed by atoms with E-state index in [4.69, 9.17) is 10.5 Å². The van der Waals surface area contributed by atoms with Crippen LogP contribution >= 0.6 is 0 Å². The summed E-state index contributed by atoms with van der Waals surface area (Å²) in [6.45, 7) is 1.91. The van der Waals surface area contributed by atoms with Gasteiger partial charge in [-0.15, -0.1) is 0 Å². The number of carbonyl (C=O) groups is 1. The summed E-state index contributed by atoms with van der Waals surface area (Å²) < 4.78 is 35.2. The topological polar surface area (TPSA) is 112 Å². The van der Waals surface area contributed by atoms with Crippen LogP contribution in [0.1, 0.15) is 35.2 Å². The summed E-state index contributed by atoms with van der Waals surface area (Å²) in [5.41, 5.74) is 6.49. The van der Waals surface area contributed by atoms with Crippen molar-refractivity contribution in [3.63, 3.8) is 0 Å². The Balaban J connectivity index is 1.46. The van der Waals surface area contributed by atoms with Crippen molar-refractivity contribution in [2.75, 3.05) is 6.54 Å². The van der Waals surface area contributed by atoms with Crippen LogP contribution in [0, 0.1) is 6.92 Å². The summed E-state index contributed by atoms with van der Waals surface area (Å²) in [6.07, 6.45) is 3.61. The third-order valence-corrected chi connectivity index (χ3v) is 8.88. The average molecular weight is 468 g/mol. The number of ether oxygens (including phenoxy) is 1. The zero-order valence-corrected chi connectivity index (χ0v) is 19.0. The van der Waals surface area contributed by atoms with Crippen LogP contribution in [0.3, 0.4) is 0 Å². The molecule has 1 saturated carbocycles. The molecule has 2 aliphatic rings. The number of nitrogens with zero attached hydrogens (tertiary/aromatic N) is 2. The van der Waals surface area contributed by atoms with E-state index in [-0.39, 0.29) is 23.1 Å². The molecule has 5 rings (SSSR count). The minimum atomic E-state index is -3.82. The molecule has 1 atom stereocenters. The lowest BCUT2D eigenvalue weighted by atomic mass is 10.1. The maximum absolute atomic E-state index is 13.5. The molecule has 3 aromatic rings. The maximum Gasteiger partial charge on any atom is 0.340 e. The van der Waals surface area contributed by atoms with Gasteiger partial charge in [-0.1, -0.05) is 24.3 Å². The van der Waals surface area contributed by atoms with Gasteiger partial charge in [-0.05, 0) is 56.0 Å². The van der Waals surface area contributed by atoms with Crippen molar-refractivity contribution in [2.24, 2.45) is 5.73 Å². The molecule has 1 saturated heterocycles. The third kappa shape index (κ3) is 3.47. The first-order valence-electron chi connectivity index (χ1n) is 10.9. The Labute approximate surface area is 191 Å². The number of fused-ring (bicyclic) bond motifs is 1. The molecule has 172 valence electrons. The lowest BCUT2D eigenvalue weighted by Crippen LogP contribution is -2.44. The van der Waals surface area contributed by atoms with Gasteiger partial charge in [0.25, 0.3) is 5.56 Å². The largest absolute Gasteiger partial charge is 0.440 e. The minimum absolute atomic E-state index is 0.0986. The Kier molecular flexibility index (Phi) is 5.15. The molecular weight excluding hydrogens is 442 g/mol. The fourth-order valence-corrected chi connectivity index (χ4v) is 6.87. The Morgan fingerprint density at radius 3 is 2.61 bits per heavy atom. The molecule has 2 fully saturated rings. The molecule has 0 radical (unpaired) electrons. The molecule has 8 nitrogen and oxygen atoms in total. The van der Waals surface area contributed by atoms with Crippen molar-refractivity contribution in [3.05, 3.63) is 76.2 Å². The van der Waals surface area contributed by atoms with Gasteiger partial charge in [0.15, 0.2) is 6.73 Å². The third-order valence-electron chi connectivity index (χ3n) is 6.84. The van der Waals surface area contributed by atoms with E-state index in [9.17, 15) is 18.0 Å². The molecule has 2 heterocycles. The van der Waals surface area contributed by atoms with Crippen molar-refractivity contribution in [1.29, 1.82) is 0 Å². The van der Waals surface area contributed by atoms with Gasteiger partial charge in [-0.2, -0.15) is 4.31 Å². The lowest BCUT2D eigenvalue weighted by molar-refractivity contribution is 0.0366. The van der Waals surface area contributed by atoms with E-state index in [0.29, 0.717) is 23.9 Å². The van der Waals surface area contributed by atoms with Crippen LogP contribution in [0.2, 0.25) is 0 Å².